The van der Waals surface area contributed by atoms with Crippen molar-refractivity contribution in [3.05, 3.63) is 29.3 Å². The molecule has 0 aromatic heterocycles. The zero-order valence-corrected chi connectivity index (χ0v) is 19.3. The van der Waals surface area contributed by atoms with Crippen LogP contribution >= 0.6 is 0 Å². The average molecular weight is 415 g/mol. The largest absolute Gasteiger partial charge is 0.336 e. The summed E-state index contributed by atoms with van der Waals surface area (Å²) in [4.78, 5) is 32.2. The van der Waals surface area contributed by atoms with Gasteiger partial charge in [0, 0.05) is 44.0 Å². The van der Waals surface area contributed by atoms with Gasteiger partial charge in [0.1, 0.15) is 0 Å². The number of amides is 2. The Balaban J connectivity index is 1.48. The lowest BCUT2D eigenvalue weighted by Gasteiger charge is -2.44. The molecule has 1 N–H and O–H groups in total. The Morgan fingerprint density at radius 2 is 1.70 bits per heavy atom. The number of likely N-dealkylation sites (tertiary alicyclic amines) is 1. The monoisotopic (exact) mass is 414 g/mol. The highest BCUT2D eigenvalue weighted by molar-refractivity contribution is 5.93. The topological polar surface area (TPSA) is 55.9 Å². The molecule has 0 unspecified atom stereocenters. The van der Waals surface area contributed by atoms with Gasteiger partial charge in [-0.15, -0.1) is 0 Å². The van der Waals surface area contributed by atoms with E-state index in [1.807, 2.05) is 26.0 Å². The smallest absolute Gasteiger partial charge is 0.240 e. The second-order valence-corrected chi connectivity index (χ2v) is 9.16. The third kappa shape index (κ3) is 5.22. The molecule has 2 aliphatic rings. The number of piperazine rings is 1. The van der Waals surface area contributed by atoms with Crippen molar-refractivity contribution in [1.82, 2.24) is 14.7 Å². The first-order valence-corrected chi connectivity index (χ1v) is 11.4. The van der Waals surface area contributed by atoms with Crippen molar-refractivity contribution < 1.29 is 9.59 Å². The first-order chi connectivity index (χ1) is 14.3. The maximum Gasteiger partial charge on any atom is 0.240 e. The van der Waals surface area contributed by atoms with Crippen LogP contribution in [-0.4, -0.2) is 77.4 Å². The van der Waals surface area contributed by atoms with E-state index in [-0.39, 0.29) is 17.9 Å². The summed E-state index contributed by atoms with van der Waals surface area (Å²) < 4.78 is 0. The van der Waals surface area contributed by atoms with Crippen molar-refractivity contribution in [2.75, 3.05) is 38.0 Å². The standard InChI is InChI=1S/C24H38N4O2/c1-17-8-6-11-22(20(17)4)25-23(29)16-26-12-14-27(15-13-26)21(5)24(30)28-18(2)9-7-10-19(28)3/h6,8,11,18-19,21H,7,9-10,12-16H2,1-5H3,(H,25,29)/t18-,19-,21+/m0/s1. The lowest BCUT2D eigenvalue weighted by Crippen LogP contribution is -2.58. The Kier molecular flexibility index (Phi) is 7.53. The first kappa shape index (κ1) is 22.8. The van der Waals surface area contributed by atoms with Crippen LogP contribution in [0.4, 0.5) is 5.69 Å². The van der Waals surface area contributed by atoms with Crippen LogP contribution < -0.4 is 5.32 Å². The van der Waals surface area contributed by atoms with Gasteiger partial charge in [-0.3, -0.25) is 19.4 Å². The number of piperidine rings is 1. The van der Waals surface area contributed by atoms with E-state index in [0.29, 0.717) is 18.6 Å². The highest BCUT2D eigenvalue weighted by atomic mass is 16.2. The van der Waals surface area contributed by atoms with E-state index in [9.17, 15) is 9.59 Å². The Labute approximate surface area is 181 Å². The van der Waals surface area contributed by atoms with Crippen LogP contribution in [0.15, 0.2) is 18.2 Å². The molecule has 0 saturated carbocycles. The number of nitrogens with zero attached hydrogens (tertiary/aromatic N) is 3. The van der Waals surface area contributed by atoms with Gasteiger partial charge in [0.2, 0.25) is 11.8 Å². The molecule has 30 heavy (non-hydrogen) atoms. The van der Waals surface area contributed by atoms with Gasteiger partial charge in [0.05, 0.1) is 12.6 Å². The fourth-order valence-corrected chi connectivity index (χ4v) is 4.82. The maximum absolute atomic E-state index is 13.1. The fourth-order valence-electron chi connectivity index (χ4n) is 4.82. The molecule has 2 amide bonds. The lowest BCUT2D eigenvalue weighted by atomic mass is 9.96. The van der Waals surface area contributed by atoms with Crippen LogP contribution in [0, 0.1) is 13.8 Å². The van der Waals surface area contributed by atoms with Gasteiger partial charge in [-0.1, -0.05) is 12.1 Å². The summed E-state index contributed by atoms with van der Waals surface area (Å²) in [6, 6.07) is 6.54. The number of benzene rings is 1. The SMILES string of the molecule is Cc1cccc(NC(=O)CN2CCN([C@H](C)C(=O)N3[C@@H](C)CCC[C@@H]3C)CC2)c1C. The predicted molar refractivity (Wildman–Crippen MR) is 122 cm³/mol. The molecule has 166 valence electrons. The van der Waals surface area contributed by atoms with E-state index in [1.165, 1.54) is 12.0 Å². The third-order valence-corrected chi connectivity index (χ3v) is 7.01. The zero-order valence-electron chi connectivity index (χ0n) is 19.3. The van der Waals surface area contributed by atoms with Crippen molar-refractivity contribution in [2.45, 2.75) is 72.0 Å². The molecule has 3 atom stereocenters. The second kappa shape index (κ2) is 9.92. The van der Waals surface area contributed by atoms with Crippen LogP contribution in [0.5, 0.6) is 0 Å². The molecule has 2 heterocycles. The predicted octanol–water partition coefficient (Wildman–Crippen LogP) is 3.04. The van der Waals surface area contributed by atoms with Gasteiger partial charge in [0.25, 0.3) is 0 Å². The molecular formula is C24H38N4O2. The van der Waals surface area contributed by atoms with Gasteiger partial charge >= 0.3 is 0 Å². The van der Waals surface area contributed by atoms with Gasteiger partial charge in [0.15, 0.2) is 0 Å². The number of hydrogen-bond acceptors (Lipinski definition) is 4. The van der Waals surface area contributed by atoms with E-state index in [4.69, 9.17) is 0 Å². The van der Waals surface area contributed by atoms with E-state index in [0.717, 1.165) is 50.3 Å². The summed E-state index contributed by atoms with van der Waals surface area (Å²) in [7, 11) is 0. The molecule has 6 heteroatoms. The van der Waals surface area contributed by atoms with E-state index >= 15 is 0 Å². The highest BCUT2D eigenvalue weighted by Gasteiger charge is 2.35. The van der Waals surface area contributed by atoms with Crippen LogP contribution in [0.25, 0.3) is 0 Å². The van der Waals surface area contributed by atoms with Gasteiger partial charge in [-0.05, 0) is 71.1 Å². The molecule has 2 aliphatic heterocycles. The third-order valence-electron chi connectivity index (χ3n) is 7.01. The summed E-state index contributed by atoms with van der Waals surface area (Å²) in [5.74, 6) is 0.285. The van der Waals surface area contributed by atoms with Gasteiger partial charge in [-0.2, -0.15) is 0 Å². The van der Waals surface area contributed by atoms with Gasteiger partial charge < -0.3 is 10.2 Å². The number of nitrogens with one attached hydrogen (secondary N) is 1. The van der Waals surface area contributed by atoms with Crippen molar-refractivity contribution in [1.29, 1.82) is 0 Å². The Bertz CT molecular complexity index is 748. The van der Waals surface area contributed by atoms with Crippen LogP contribution in [0.3, 0.4) is 0 Å². The van der Waals surface area contributed by atoms with Crippen molar-refractivity contribution in [3.63, 3.8) is 0 Å². The molecule has 0 aliphatic carbocycles. The van der Waals surface area contributed by atoms with Crippen LogP contribution in [-0.2, 0) is 9.59 Å². The van der Waals surface area contributed by atoms with E-state index < -0.39 is 0 Å². The number of carbonyl (C=O) groups is 2. The Morgan fingerprint density at radius 1 is 1.07 bits per heavy atom. The summed E-state index contributed by atoms with van der Waals surface area (Å²) in [6.45, 7) is 14.1. The Hall–Kier alpha value is -1.92. The summed E-state index contributed by atoms with van der Waals surface area (Å²) in [5.41, 5.74) is 3.18. The highest BCUT2D eigenvalue weighted by Crippen LogP contribution is 2.24. The van der Waals surface area contributed by atoms with Crippen molar-refractivity contribution in [3.8, 4) is 0 Å². The van der Waals surface area contributed by atoms with E-state index in [1.54, 1.807) is 0 Å². The molecule has 0 bridgehead atoms. The molecule has 0 spiro atoms. The Morgan fingerprint density at radius 3 is 2.33 bits per heavy atom. The number of carbonyl (C=O) groups excluding carboxylic acids is 2. The number of hydrogen-bond donors (Lipinski definition) is 1. The van der Waals surface area contributed by atoms with Crippen LogP contribution in [0.1, 0.15) is 51.2 Å². The number of anilines is 1. The molecule has 2 saturated heterocycles. The molecule has 2 fully saturated rings. The average Bonchev–Trinajstić information content (AvgIpc) is 2.71. The molecule has 3 rings (SSSR count). The number of aryl methyl sites for hydroxylation is 1. The summed E-state index contributed by atoms with van der Waals surface area (Å²) >= 11 is 0. The second-order valence-electron chi connectivity index (χ2n) is 9.16. The number of rotatable bonds is 5. The molecular weight excluding hydrogens is 376 g/mol. The summed E-state index contributed by atoms with van der Waals surface area (Å²) in [5, 5.41) is 3.05. The minimum absolute atomic E-state index is 0.0252. The first-order valence-electron chi connectivity index (χ1n) is 11.4. The lowest BCUT2D eigenvalue weighted by molar-refractivity contribution is -0.143. The van der Waals surface area contributed by atoms with Crippen molar-refractivity contribution in [2.24, 2.45) is 0 Å². The van der Waals surface area contributed by atoms with Crippen LogP contribution in [0.2, 0.25) is 0 Å². The minimum atomic E-state index is -0.0982. The molecule has 1 aromatic rings. The summed E-state index contributed by atoms with van der Waals surface area (Å²) in [6.07, 6.45) is 3.42. The molecule has 1 aromatic carbocycles. The fraction of sp³-hybridized carbons (Fsp3) is 0.667. The normalized spacial score (nSPS) is 24.5. The molecule has 6 nitrogen and oxygen atoms in total. The quantitative estimate of drug-likeness (QED) is 0.805. The minimum Gasteiger partial charge on any atom is -0.336 e. The zero-order chi connectivity index (χ0) is 21.8. The van der Waals surface area contributed by atoms with Crippen molar-refractivity contribution >= 4 is 17.5 Å². The molecule has 0 radical (unpaired) electrons. The maximum atomic E-state index is 13.1. The van der Waals surface area contributed by atoms with E-state index in [2.05, 4.69) is 46.9 Å². The van der Waals surface area contributed by atoms with Gasteiger partial charge in [-0.25, -0.2) is 0 Å².